The third-order valence-electron chi connectivity index (χ3n) is 4.57. The van der Waals surface area contributed by atoms with E-state index in [1.807, 2.05) is 36.6 Å². The highest BCUT2D eigenvalue weighted by atomic mass is 35.5. The smallest absolute Gasteiger partial charge is 0.234 e. The molecule has 0 radical (unpaired) electrons. The van der Waals surface area contributed by atoms with Crippen LogP contribution in [0, 0.1) is 13.8 Å². The standard InChI is InChI=1S/C22H22Cl2N4O2S/c1-4-11-28-19(12-30-18-10-5-7-14(2)15(18)3)26-27-22(28)31-13-20(29)25-17-9-6-8-16(23)21(17)24/h4-10H,1,11-13H2,2-3H3,(H,25,29). The number of anilines is 1. The zero-order chi connectivity index (χ0) is 22.4. The second-order valence-electron chi connectivity index (χ2n) is 6.72. The molecule has 2 aromatic carbocycles. The Morgan fingerprint density at radius 2 is 2.00 bits per heavy atom. The lowest BCUT2D eigenvalue weighted by Crippen LogP contribution is -2.15. The van der Waals surface area contributed by atoms with Crippen molar-refractivity contribution in [3.63, 3.8) is 0 Å². The summed E-state index contributed by atoms with van der Waals surface area (Å²) in [6.45, 7) is 8.62. The number of hydrogen-bond donors (Lipinski definition) is 1. The average molecular weight is 477 g/mol. The molecule has 0 saturated heterocycles. The molecule has 0 saturated carbocycles. The molecule has 0 aliphatic heterocycles. The number of allylic oxidation sites excluding steroid dienone is 1. The number of halogens is 2. The fraction of sp³-hybridized carbons (Fsp3) is 0.227. The third-order valence-corrected chi connectivity index (χ3v) is 6.36. The molecule has 31 heavy (non-hydrogen) atoms. The minimum absolute atomic E-state index is 0.135. The number of rotatable bonds is 9. The van der Waals surface area contributed by atoms with Crippen LogP contribution in [0.1, 0.15) is 17.0 Å². The number of ether oxygens (including phenoxy) is 1. The Labute approximate surface area is 195 Å². The minimum atomic E-state index is -0.226. The van der Waals surface area contributed by atoms with Crippen LogP contribution in [0.3, 0.4) is 0 Å². The first kappa shape index (κ1) is 23.2. The molecule has 1 aromatic heterocycles. The Hall–Kier alpha value is -2.48. The summed E-state index contributed by atoms with van der Waals surface area (Å²) < 4.78 is 7.84. The summed E-state index contributed by atoms with van der Waals surface area (Å²) >= 11 is 13.4. The van der Waals surface area contributed by atoms with Gasteiger partial charge in [-0.1, -0.05) is 59.2 Å². The van der Waals surface area contributed by atoms with Crippen LogP contribution in [0.2, 0.25) is 10.0 Å². The van der Waals surface area contributed by atoms with Crippen LogP contribution in [0.5, 0.6) is 5.75 Å². The molecular weight excluding hydrogens is 455 g/mol. The van der Waals surface area contributed by atoms with Crippen molar-refractivity contribution in [3.05, 3.63) is 76.0 Å². The van der Waals surface area contributed by atoms with E-state index in [0.717, 1.165) is 16.9 Å². The summed E-state index contributed by atoms with van der Waals surface area (Å²) in [6.07, 6.45) is 1.75. The lowest BCUT2D eigenvalue weighted by molar-refractivity contribution is -0.113. The van der Waals surface area contributed by atoms with Crippen molar-refractivity contribution in [2.75, 3.05) is 11.1 Å². The zero-order valence-corrected chi connectivity index (χ0v) is 19.5. The molecule has 0 fully saturated rings. The number of nitrogens with one attached hydrogen (secondary N) is 1. The van der Waals surface area contributed by atoms with Gasteiger partial charge in [0.25, 0.3) is 0 Å². The van der Waals surface area contributed by atoms with E-state index in [9.17, 15) is 4.79 Å². The number of aromatic nitrogens is 3. The first-order chi connectivity index (χ1) is 14.9. The van der Waals surface area contributed by atoms with Crippen molar-refractivity contribution in [2.45, 2.75) is 32.2 Å². The Morgan fingerprint density at radius 3 is 2.77 bits per heavy atom. The second-order valence-corrected chi connectivity index (χ2v) is 8.45. The lowest BCUT2D eigenvalue weighted by Gasteiger charge is -2.12. The third kappa shape index (κ3) is 5.81. The van der Waals surface area contributed by atoms with E-state index >= 15 is 0 Å². The number of carbonyl (C=O) groups is 1. The maximum atomic E-state index is 12.4. The largest absolute Gasteiger partial charge is 0.485 e. The average Bonchev–Trinajstić information content (AvgIpc) is 3.13. The van der Waals surface area contributed by atoms with Gasteiger partial charge in [-0.15, -0.1) is 16.8 Å². The second kappa shape index (κ2) is 10.7. The van der Waals surface area contributed by atoms with Crippen LogP contribution in [-0.2, 0) is 17.9 Å². The Bertz CT molecular complexity index is 1100. The number of nitrogens with zero attached hydrogens (tertiary/aromatic N) is 3. The molecule has 3 rings (SSSR count). The molecule has 1 heterocycles. The summed E-state index contributed by atoms with van der Waals surface area (Å²) in [5.74, 6) is 1.37. The molecule has 0 atom stereocenters. The van der Waals surface area contributed by atoms with E-state index in [-0.39, 0.29) is 18.3 Å². The monoisotopic (exact) mass is 476 g/mol. The molecule has 0 unspecified atom stereocenters. The summed E-state index contributed by atoms with van der Waals surface area (Å²) in [6, 6.07) is 11.0. The minimum Gasteiger partial charge on any atom is -0.485 e. The highest BCUT2D eigenvalue weighted by Crippen LogP contribution is 2.30. The van der Waals surface area contributed by atoms with Gasteiger partial charge in [-0.05, 0) is 43.2 Å². The molecule has 0 aliphatic rings. The Balaban J connectivity index is 1.65. The Kier molecular flexibility index (Phi) is 8.01. The highest BCUT2D eigenvalue weighted by molar-refractivity contribution is 7.99. The predicted octanol–water partition coefficient (Wildman–Crippen LogP) is 5.70. The normalized spacial score (nSPS) is 10.7. The van der Waals surface area contributed by atoms with Gasteiger partial charge in [0.1, 0.15) is 12.4 Å². The van der Waals surface area contributed by atoms with E-state index in [2.05, 4.69) is 22.1 Å². The van der Waals surface area contributed by atoms with E-state index in [1.165, 1.54) is 11.8 Å². The van der Waals surface area contributed by atoms with Gasteiger partial charge in [0.15, 0.2) is 11.0 Å². The van der Waals surface area contributed by atoms with Crippen molar-refractivity contribution in [1.29, 1.82) is 0 Å². The van der Waals surface area contributed by atoms with Crippen molar-refractivity contribution < 1.29 is 9.53 Å². The number of amides is 1. The summed E-state index contributed by atoms with van der Waals surface area (Å²) in [7, 11) is 0. The molecule has 0 aliphatic carbocycles. The van der Waals surface area contributed by atoms with Crippen LogP contribution in [0.15, 0.2) is 54.2 Å². The fourth-order valence-corrected chi connectivity index (χ4v) is 3.90. The van der Waals surface area contributed by atoms with E-state index < -0.39 is 0 Å². The van der Waals surface area contributed by atoms with Gasteiger partial charge in [0.2, 0.25) is 5.91 Å². The number of aryl methyl sites for hydroxylation is 1. The first-order valence-corrected chi connectivity index (χ1v) is 11.2. The summed E-state index contributed by atoms with van der Waals surface area (Å²) in [5.41, 5.74) is 2.71. The summed E-state index contributed by atoms with van der Waals surface area (Å²) in [5, 5.41) is 12.5. The molecule has 6 nitrogen and oxygen atoms in total. The van der Waals surface area contributed by atoms with Crippen LogP contribution >= 0.6 is 35.0 Å². The SMILES string of the molecule is C=CCn1c(COc2cccc(C)c2C)nnc1SCC(=O)Nc1cccc(Cl)c1Cl. The van der Waals surface area contributed by atoms with Gasteiger partial charge in [-0.3, -0.25) is 9.36 Å². The van der Waals surface area contributed by atoms with Crippen molar-refractivity contribution >= 4 is 46.6 Å². The number of benzene rings is 2. The van der Waals surface area contributed by atoms with Gasteiger partial charge in [-0.2, -0.15) is 0 Å². The molecule has 162 valence electrons. The fourth-order valence-electron chi connectivity index (χ4n) is 2.78. The van der Waals surface area contributed by atoms with Crippen LogP contribution < -0.4 is 10.1 Å². The van der Waals surface area contributed by atoms with Gasteiger partial charge in [-0.25, -0.2) is 0 Å². The van der Waals surface area contributed by atoms with Gasteiger partial charge >= 0.3 is 0 Å². The van der Waals surface area contributed by atoms with Crippen molar-refractivity contribution in [3.8, 4) is 5.75 Å². The predicted molar refractivity (Wildman–Crippen MR) is 126 cm³/mol. The zero-order valence-electron chi connectivity index (χ0n) is 17.2. The summed E-state index contributed by atoms with van der Waals surface area (Å²) in [4.78, 5) is 12.4. The van der Waals surface area contributed by atoms with Crippen molar-refractivity contribution in [1.82, 2.24) is 14.8 Å². The van der Waals surface area contributed by atoms with Crippen LogP contribution in [0.4, 0.5) is 5.69 Å². The van der Waals surface area contributed by atoms with E-state index in [1.54, 1.807) is 24.3 Å². The quantitative estimate of drug-likeness (QED) is 0.316. The maximum Gasteiger partial charge on any atom is 0.234 e. The topological polar surface area (TPSA) is 69.0 Å². The molecule has 3 aromatic rings. The van der Waals surface area contributed by atoms with E-state index in [0.29, 0.717) is 33.3 Å². The highest BCUT2D eigenvalue weighted by Gasteiger charge is 2.15. The number of thioether (sulfide) groups is 1. The molecular formula is C22H22Cl2N4O2S. The first-order valence-electron chi connectivity index (χ1n) is 9.49. The lowest BCUT2D eigenvalue weighted by atomic mass is 10.1. The maximum absolute atomic E-state index is 12.4. The molecule has 0 spiro atoms. The van der Waals surface area contributed by atoms with Crippen molar-refractivity contribution in [2.24, 2.45) is 0 Å². The number of hydrogen-bond acceptors (Lipinski definition) is 5. The van der Waals surface area contributed by atoms with Gasteiger partial charge in [0, 0.05) is 6.54 Å². The molecule has 1 amide bonds. The van der Waals surface area contributed by atoms with E-state index in [4.69, 9.17) is 27.9 Å². The van der Waals surface area contributed by atoms with Gasteiger partial charge in [0.05, 0.1) is 21.5 Å². The van der Waals surface area contributed by atoms with Crippen LogP contribution in [0.25, 0.3) is 0 Å². The molecule has 0 bridgehead atoms. The van der Waals surface area contributed by atoms with Crippen LogP contribution in [-0.4, -0.2) is 26.4 Å². The number of carbonyl (C=O) groups excluding carboxylic acids is 1. The van der Waals surface area contributed by atoms with Gasteiger partial charge < -0.3 is 10.1 Å². The Morgan fingerprint density at radius 1 is 1.23 bits per heavy atom. The molecule has 1 N–H and O–H groups in total. The molecule has 9 heteroatoms.